The molecule has 16 nitrogen and oxygen atoms in total. The fourth-order valence-electron chi connectivity index (χ4n) is 3.64. The van der Waals surface area contributed by atoms with Crippen LogP contribution in [-0.2, 0) is 146 Å². The molecule has 25 heteroatoms. The molecule has 0 aliphatic rings. The predicted octanol–water partition coefficient (Wildman–Crippen LogP) is 1.32. The summed E-state index contributed by atoms with van der Waals surface area (Å²) >= 11 is 34.8. The van der Waals surface area contributed by atoms with Crippen LogP contribution in [0.1, 0.15) is 51.4 Å². The minimum atomic E-state index is -1.29. The van der Waals surface area contributed by atoms with Gasteiger partial charge in [-0.3, -0.25) is 38.4 Å². The molecule has 0 saturated heterocycles. The fraction of sp³-hybridized carbons (Fsp3) is 0.765. The number of ether oxygens (including phenoxy) is 8. The summed E-state index contributed by atoms with van der Waals surface area (Å²) in [7, 11) is 0. The number of carbonyl (C=O) groups excluding carboxylic acids is 8. The Kier molecular flexibility index (Phi) is 42.3. The van der Waals surface area contributed by atoms with E-state index < -0.39 is 58.6 Å². The van der Waals surface area contributed by atoms with Crippen LogP contribution in [0, 0.1) is 10.8 Å². The quantitative estimate of drug-likeness (QED) is 0.0246. The van der Waals surface area contributed by atoms with Crippen LogP contribution in [-0.4, -0.2) is 147 Å². The van der Waals surface area contributed by atoms with Gasteiger partial charge in [0.15, 0.2) is 0 Å². The molecular weight excluding hydrogens is 986 g/mol. The first-order chi connectivity index (χ1) is 27.6. The molecule has 0 rings (SSSR count). The van der Waals surface area contributed by atoms with E-state index in [-0.39, 0.29) is 170 Å². The third-order valence-electron chi connectivity index (χ3n) is 6.80. The van der Waals surface area contributed by atoms with Crippen molar-refractivity contribution in [1.29, 1.82) is 0 Å². The van der Waals surface area contributed by atoms with Crippen LogP contribution in [0.4, 0.5) is 0 Å². The van der Waals surface area contributed by atoms with Gasteiger partial charge in [-0.15, -0.1) is 0 Å². The van der Waals surface area contributed by atoms with Crippen molar-refractivity contribution in [2.75, 3.05) is 98.9 Å². The van der Waals surface area contributed by atoms with Gasteiger partial charge in [0.1, 0.15) is 63.7 Å². The van der Waals surface area contributed by atoms with Crippen LogP contribution in [0.3, 0.4) is 0 Å². The van der Waals surface area contributed by atoms with Gasteiger partial charge in [-0.2, -0.15) is 73.5 Å². The van der Waals surface area contributed by atoms with E-state index in [0.29, 0.717) is 0 Å². The predicted molar refractivity (Wildman–Crippen MR) is 234 cm³/mol. The van der Waals surface area contributed by atoms with Crippen LogP contribution < -0.4 is 0 Å². The molecular formula is C34H52O16S8Zn-2. The topological polar surface area (TPSA) is 210 Å². The molecule has 0 aliphatic heterocycles. The number of hydrogen-bond donors (Lipinski definition) is 4. The minimum absolute atomic E-state index is 0. The van der Waals surface area contributed by atoms with Gasteiger partial charge in [-0.05, 0) is 0 Å². The summed E-state index contributed by atoms with van der Waals surface area (Å²) in [5.41, 5.74) is -2.54. The Hall–Kier alpha value is -0.817. The van der Waals surface area contributed by atoms with Gasteiger partial charge in [0.05, 0.1) is 25.7 Å². The average molecular weight is 1040 g/mol. The number of rotatable bonds is 32. The third kappa shape index (κ3) is 34.4. The van der Waals surface area contributed by atoms with Gasteiger partial charge in [0, 0.05) is 48.7 Å². The Balaban J connectivity index is -0.00000105. The molecule has 0 aromatic carbocycles. The molecule has 0 saturated carbocycles. The second-order valence-corrected chi connectivity index (χ2v) is 15.4. The largest absolute Gasteiger partial charge is 2.00 e. The zero-order valence-electron chi connectivity index (χ0n) is 32.6. The van der Waals surface area contributed by atoms with E-state index in [1.807, 2.05) is 0 Å². The van der Waals surface area contributed by atoms with Gasteiger partial charge in [0.2, 0.25) is 0 Å². The molecule has 336 valence electrons. The maximum Gasteiger partial charge on any atom is 2.00 e. The maximum absolute atomic E-state index is 11.8. The van der Waals surface area contributed by atoms with Crippen molar-refractivity contribution < 1.29 is 95.7 Å². The third-order valence-corrected chi connectivity index (χ3v) is 8.51. The normalized spacial score (nSPS) is 10.7. The minimum Gasteiger partial charge on any atom is -0.792 e. The Bertz CT molecular complexity index is 971. The molecule has 0 aromatic rings. The van der Waals surface area contributed by atoms with Crippen LogP contribution in [0.5, 0.6) is 0 Å². The summed E-state index contributed by atoms with van der Waals surface area (Å²) < 4.78 is 41.6. The zero-order valence-corrected chi connectivity index (χ0v) is 42.4. The second-order valence-electron chi connectivity index (χ2n) is 12.0. The van der Waals surface area contributed by atoms with E-state index in [1.54, 1.807) is 0 Å². The number of thiol groups is 4. The van der Waals surface area contributed by atoms with Crippen molar-refractivity contribution in [2.24, 2.45) is 10.8 Å². The summed E-state index contributed by atoms with van der Waals surface area (Å²) in [6, 6.07) is 0. The average Bonchev–Trinajstić information content (AvgIpc) is 3.18. The van der Waals surface area contributed by atoms with Crippen molar-refractivity contribution in [2.45, 2.75) is 51.4 Å². The van der Waals surface area contributed by atoms with E-state index in [0.717, 1.165) is 0 Å². The van der Waals surface area contributed by atoms with Gasteiger partial charge in [-0.1, -0.05) is 0 Å². The second kappa shape index (κ2) is 40.0. The Morgan fingerprint density at radius 1 is 0.305 bits per heavy atom. The molecule has 0 aliphatic carbocycles. The smallest absolute Gasteiger partial charge is 0.792 e. The van der Waals surface area contributed by atoms with Crippen molar-refractivity contribution >= 4 is 149 Å². The SMILES string of the molecule is O=C(CCS)OCC(COC(=O)CCS)(COC(=O)CCS)COC(=O)CCS.O=C(CC[S-])OCC(COC(=O)CC[S-])(COC(=O)CC[S-])COC(=O)CC[S-].[Zn+2]. The van der Waals surface area contributed by atoms with Crippen LogP contribution in [0.2, 0.25) is 0 Å². The molecule has 0 radical (unpaired) electrons. The number of hydrogen-bond acceptors (Lipinski definition) is 24. The van der Waals surface area contributed by atoms with Gasteiger partial charge >= 0.3 is 67.2 Å². The summed E-state index contributed by atoms with van der Waals surface area (Å²) in [5.74, 6) is -2.60. The first kappa shape index (κ1) is 62.5. The standard InChI is InChI=1S/2C17H28O8S4.Zn/c2*18-13(1-5-26)22-9-17(10-23-14(19)2-6-27,11-24-15(20)3-7-28)12-25-16(21)4-8-29;/h2*26-29H,1-12H2;/q;;+2/p-4. The van der Waals surface area contributed by atoms with Crippen molar-refractivity contribution in [3.63, 3.8) is 0 Å². The summed E-state index contributed by atoms with van der Waals surface area (Å²) in [5, 5.41) is 0. The number of esters is 8. The Morgan fingerprint density at radius 2 is 0.441 bits per heavy atom. The van der Waals surface area contributed by atoms with Crippen molar-refractivity contribution in [3.8, 4) is 0 Å². The monoisotopic (exact) mass is 1040 g/mol. The molecule has 0 bridgehead atoms. The van der Waals surface area contributed by atoms with E-state index in [1.165, 1.54) is 0 Å². The molecule has 0 unspecified atom stereocenters. The first-order valence-electron chi connectivity index (χ1n) is 17.7. The maximum atomic E-state index is 11.8. The van der Waals surface area contributed by atoms with Crippen molar-refractivity contribution in [1.82, 2.24) is 0 Å². The van der Waals surface area contributed by atoms with E-state index in [2.05, 4.69) is 50.5 Å². The van der Waals surface area contributed by atoms with Crippen LogP contribution >= 0.6 is 50.5 Å². The molecule has 0 heterocycles. The summed E-state index contributed by atoms with van der Waals surface area (Å²) in [6.45, 7) is -2.39. The van der Waals surface area contributed by atoms with Gasteiger partial charge < -0.3 is 88.4 Å². The summed E-state index contributed by atoms with van der Waals surface area (Å²) in [4.78, 5) is 94.2. The van der Waals surface area contributed by atoms with E-state index in [4.69, 9.17) is 88.4 Å². The van der Waals surface area contributed by atoms with Crippen LogP contribution in [0.15, 0.2) is 0 Å². The molecule has 0 amide bonds. The van der Waals surface area contributed by atoms with Gasteiger partial charge in [-0.25, -0.2) is 0 Å². The van der Waals surface area contributed by atoms with Gasteiger partial charge in [0.25, 0.3) is 0 Å². The number of carbonyl (C=O) groups is 8. The van der Waals surface area contributed by atoms with Crippen LogP contribution in [0.25, 0.3) is 0 Å². The zero-order chi connectivity index (χ0) is 44.2. The molecule has 0 atom stereocenters. The van der Waals surface area contributed by atoms with Crippen molar-refractivity contribution in [3.05, 3.63) is 0 Å². The van der Waals surface area contributed by atoms with E-state index in [9.17, 15) is 38.4 Å². The molecule has 0 aromatic heterocycles. The fourth-order valence-corrected chi connectivity index (χ4v) is 5.04. The molecule has 0 spiro atoms. The Morgan fingerprint density at radius 3 is 0.559 bits per heavy atom. The first-order valence-corrected chi connectivity index (χ1v) is 22.5. The molecule has 0 fully saturated rings. The van der Waals surface area contributed by atoms with E-state index >= 15 is 0 Å². The Labute approximate surface area is 402 Å². The molecule has 0 N–H and O–H groups in total. The summed E-state index contributed by atoms with van der Waals surface area (Å²) in [6.07, 6.45) is 0.294. The molecule has 59 heavy (non-hydrogen) atoms.